The second-order valence-corrected chi connectivity index (χ2v) is 8.36. The number of hydrogen-bond donors (Lipinski definition) is 1. The largest absolute Gasteiger partial charge is 0.339 e. The molecule has 128 valence electrons. The number of carbonyl (C=O) groups excluding carboxylic acids is 1. The summed E-state index contributed by atoms with van der Waals surface area (Å²) in [7, 11) is 2.06. The molecule has 4 heteroatoms. The van der Waals surface area contributed by atoms with Crippen LogP contribution in [0.25, 0.3) is 0 Å². The minimum absolute atomic E-state index is 0.0118. The highest BCUT2D eigenvalue weighted by Crippen LogP contribution is 2.51. The van der Waals surface area contributed by atoms with Gasteiger partial charge in [-0.25, -0.2) is 0 Å². The molecular weight excluding hydrogens is 286 g/mol. The number of likely N-dealkylation sites (tertiary alicyclic amines) is 1. The lowest BCUT2D eigenvalue weighted by atomic mass is 9.57. The molecule has 1 amide bonds. The average Bonchev–Trinajstić information content (AvgIpc) is 2.42. The van der Waals surface area contributed by atoms with Gasteiger partial charge in [-0.1, -0.05) is 12.8 Å². The predicted molar refractivity (Wildman–Crippen MR) is 92.4 cm³/mol. The highest BCUT2D eigenvalue weighted by molar-refractivity contribution is 5.88. The maximum Gasteiger partial charge on any atom is 0.222 e. The van der Waals surface area contributed by atoms with Gasteiger partial charge in [0.2, 0.25) is 5.91 Å². The van der Waals surface area contributed by atoms with Crippen molar-refractivity contribution in [1.82, 2.24) is 4.90 Å². The lowest BCUT2D eigenvalue weighted by Crippen LogP contribution is -2.67. The van der Waals surface area contributed by atoms with E-state index in [9.17, 15) is 4.79 Å². The Bertz CT molecular complexity index is 509. The molecule has 2 aliphatic carbocycles. The minimum atomic E-state index is 0.0118. The molecule has 0 radical (unpaired) electrons. The van der Waals surface area contributed by atoms with Crippen LogP contribution in [0.4, 0.5) is 0 Å². The first-order valence-corrected chi connectivity index (χ1v) is 9.68. The van der Waals surface area contributed by atoms with Crippen LogP contribution >= 0.6 is 0 Å². The standard InChI is InChI=1S/C19H31N3O/c1-22-18(23)9-4-10-19(22,14-7-3-8-14)15-11-17(13-5-2-6-13)21-12-16(15)20/h13-16H,2-12,20H2,1H3. The van der Waals surface area contributed by atoms with Crippen LogP contribution in [-0.4, -0.2) is 41.7 Å². The average molecular weight is 317 g/mol. The van der Waals surface area contributed by atoms with Crippen molar-refractivity contribution in [3.05, 3.63) is 0 Å². The van der Waals surface area contributed by atoms with Gasteiger partial charge in [-0.2, -0.15) is 0 Å². The van der Waals surface area contributed by atoms with Crippen molar-refractivity contribution in [1.29, 1.82) is 0 Å². The van der Waals surface area contributed by atoms with E-state index in [1.54, 1.807) is 0 Å². The van der Waals surface area contributed by atoms with E-state index in [1.807, 2.05) is 0 Å². The molecule has 1 saturated heterocycles. The van der Waals surface area contributed by atoms with E-state index in [-0.39, 0.29) is 11.6 Å². The smallest absolute Gasteiger partial charge is 0.222 e. The Hall–Kier alpha value is -0.900. The molecule has 2 N–H and O–H groups in total. The van der Waals surface area contributed by atoms with Crippen LogP contribution in [0.5, 0.6) is 0 Å². The summed E-state index contributed by atoms with van der Waals surface area (Å²) < 4.78 is 0. The topological polar surface area (TPSA) is 58.7 Å². The van der Waals surface area contributed by atoms with Gasteiger partial charge >= 0.3 is 0 Å². The molecule has 4 nitrogen and oxygen atoms in total. The quantitative estimate of drug-likeness (QED) is 0.870. The van der Waals surface area contributed by atoms with Crippen LogP contribution in [0.3, 0.4) is 0 Å². The first-order valence-electron chi connectivity index (χ1n) is 9.68. The Labute approximate surface area is 139 Å². The van der Waals surface area contributed by atoms with Crippen LogP contribution in [0, 0.1) is 17.8 Å². The minimum Gasteiger partial charge on any atom is -0.339 e. The lowest BCUT2D eigenvalue weighted by molar-refractivity contribution is -0.151. The second-order valence-electron chi connectivity index (χ2n) is 8.36. The zero-order valence-electron chi connectivity index (χ0n) is 14.5. The Kier molecular flexibility index (Phi) is 3.99. The third-order valence-corrected chi connectivity index (χ3v) is 7.45. The fraction of sp³-hybridized carbons (Fsp3) is 0.895. The van der Waals surface area contributed by atoms with Crippen molar-refractivity contribution in [2.45, 2.75) is 75.8 Å². The van der Waals surface area contributed by atoms with Gasteiger partial charge in [-0.15, -0.1) is 0 Å². The number of nitrogens with two attached hydrogens (primary N) is 1. The van der Waals surface area contributed by atoms with Crippen LogP contribution < -0.4 is 5.73 Å². The maximum atomic E-state index is 12.5. The highest BCUT2D eigenvalue weighted by atomic mass is 16.2. The van der Waals surface area contributed by atoms with Gasteiger partial charge in [-0.3, -0.25) is 9.79 Å². The fourth-order valence-electron chi connectivity index (χ4n) is 5.59. The van der Waals surface area contributed by atoms with Gasteiger partial charge in [-0.05, 0) is 56.8 Å². The van der Waals surface area contributed by atoms with E-state index in [1.165, 1.54) is 44.2 Å². The third-order valence-electron chi connectivity index (χ3n) is 7.45. The molecule has 0 spiro atoms. The molecule has 0 aromatic carbocycles. The van der Waals surface area contributed by atoms with Crippen LogP contribution in [-0.2, 0) is 4.79 Å². The van der Waals surface area contributed by atoms with E-state index in [0.29, 0.717) is 23.7 Å². The first-order chi connectivity index (χ1) is 11.1. The van der Waals surface area contributed by atoms with Crippen molar-refractivity contribution in [2.24, 2.45) is 28.5 Å². The van der Waals surface area contributed by atoms with Crippen molar-refractivity contribution in [2.75, 3.05) is 13.6 Å². The van der Waals surface area contributed by atoms with Crippen LogP contribution in [0.2, 0.25) is 0 Å². The summed E-state index contributed by atoms with van der Waals surface area (Å²) in [6.07, 6.45) is 11.8. The summed E-state index contributed by atoms with van der Waals surface area (Å²) in [4.78, 5) is 19.5. The van der Waals surface area contributed by atoms with E-state index in [0.717, 1.165) is 32.2 Å². The molecule has 3 fully saturated rings. The fourth-order valence-corrected chi connectivity index (χ4v) is 5.59. The molecule has 2 aliphatic heterocycles. The molecule has 0 aromatic rings. The molecule has 2 saturated carbocycles. The molecule has 2 heterocycles. The summed E-state index contributed by atoms with van der Waals surface area (Å²) in [5.74, 6) is 2.12. The zero-order valence-corrected chi connectivity index (χ0v) is 14.5. The molecule has 3 atom stereocenters. The predicted octanol–water partition coefficient (Wildman–Crippen LogP) is 2.76. The van der Waals surface area contributed by atoms with Gasteiger partial charge in [0.15, 0.2) is 0 Å². The summed E-state index contributed by atoms with van der Waals surface area (Å²) in [5, 5.41) is 0. The number of aliphatic imine (C=N–C) groups is 1. The van der Waals surface area contributed by atoms with Gasteiger partial charge in [0, 0.05) is 31.1 Å². The maximum absolute atomic E-state index is 12.5. The van der Waals surface area contributed by atoms with Crippen LogP contribution in [0.15, 0.2) is 4.99 Å². The molecule has 4 aliphatic rings. The SMILES string of the molecule is CN1C(=O)CCCC1(C1CCC1)C1CC(C2CCC2)=NCC1N. The first kappa shape index (κ1) is 15.6. The lowest BCUT2D eigenvalue weighted by Gasteiger charge is -2.59. The number of nitrogens with zero attached hydrogens (tertiary/aromatic N) is 2. The Balaban J connectivity index is 1.65. The molecule has 23 heavy (non-hydrogen) atoms. The van der Waals surface area contributed by atoms with E-state index < -0.39 is 0 Å². The number of rotatable bonds is 3. The Morgan fingerprint density at radius 1 is 1.17 bits per heavy atom. The van der Waals surface area contributed by atoms with Gasteiger partial charge in [0.25, 0.3) is 0 Å². The van der Waals surface area contributed by atoms with Gasteiger partial charge in [0.05, 0.1) is 12.1 Å². The van der Waals surface area contributed by atoms with Crippen molar-refractivity contribution >= 4 is 11.6 Å². The van der Waals surface area contributed by atoms with Gasteiger partial charge < -0.3 is 10.6 Å². The molecule has 4 rings (SSSR count). The molecule has 0 aromatic heterocycles. The third kappa shape index (κ3) is 2.36. The van der Waals surface area contributed by atoms with E-state index >= 15 is 0 Å². The van der Waals surface area contributed by atoms with E-state index in [4.69, 9.17) is 10.7 Å². The Morgan fingerprint density at radius 2 is 1.91 bits per heavy atom. The number of carbonyl (C=O) groups is 1. The number of hydrogen-bond acceptors (Lipinski definition) is 3. The van der Waals surface area contributed by atoms with E-state index in [2.05, 4.69) is 11.9 Å². The zero-order chi connectivity index (χ0) is 16.0. The van der Waals surface area contributed by atoms with Crippen molar-refractivity contribution in [3.63, 3.8) is 0 Å². The van der Waals surface area contributed by atoms with Crippen molar-refractivity contribution in [3.8, 4) is 0 Å². The summed E-state index contributed by atoms with van der Waals surface area (Å²) in [5.41, 5.74) is 8.03. The number of amides is 1. The molecule has 3 unspecified atom stereocenters. The Morgan fingerprint density at radius 3 is 2.52 bits per heavy atom. The number of piperidine rings is 1. The summed E-state index contributed by atoms with van der Waals surface area (Å²) in [6.45, 7) is 0.771. The van der Waals surface area contributed by atoms with Crippen molar-refractivity contribution < 1.29 is 4.79 Å². The van der Waals surface area contributed by atoms with Crippen LogP contribution in [0.1, 0.15) is 64.2 Å². The summed E-state index contributed by atoms with van der Waals surface area (Å²) >= 11 is 0. The van der Waals surface area contributed by atoms with Gasteiger partial charge in [0.1, 0.15) is 0 Å². The molecule has 0 bridgehead atoms. The molecular formula is C19H31N3O. The monoisotopic (exact) mass is 317 g/mol. The second kappa shape index (κ2) is 5.87. The highest BCUT2D eigenvalue weighted by Gasteiger charge is 2.55. The summed E-state index contributed by atoms with van der Waals surface area (Å²) in [6, 6.07) is 0.118. The normalized spacial score (nSPS) is 39.7.